The highest BCUT2D eigenvalue weighted by Crippen LogP contribution is 2.55. The maximum atomic E-state index is 12.7. The zero-order chi connectivity index (χ0) is 12.6. The van der Waals surface area contributed by atoms with Crippen LogP contribution in [0.1, 0.15) is 73.1 Å². The van der Waals surface area contributed by atoms with Gasteiger partial charge < -0.3 is 4.57 Å². The first-order valence-corrected chi connectivity index (χ1v) is 9.06. The van der Waals surface area contributed by atoms with Crippen molar-refractivity contribution in [3.05, 3.63) is 0 Å². The molecule has 0 fully saturated rings. The SMILES string of the molecule is CCCCCCCCP(=O)(C(C)C)C(C)C. The van der Waals surface area contributed by atoms with Crippen molar-refractivity contribution in [3.63, 3.8) is 0 Å². The van der Waals surface area contributed by atoms with Gasteiger partial charge in [-0.2, -0.15) is 0 Å². The maximum absolute atomic E-state index is 12.7. The third-order valence-electron chi connectivity index (χ3n) is 3.61. The van der Waals surface area contributed by atoms with Crippen LogP contribution >= 0.6 is 7.14 Å². The molecule has 0 N–H and O–H groups in total. The molecular formula is C14H31OP. The molecule has 1 nitrogen and oxygen atoms in total. The van der Waals surface area contributed by atoms with Gasteiger partial charge in [-0.1, -0.05) is 66.7 Å². The van der Waals surface area contributed by atoms with Gasteiger partial charge in [-0.3, -0.25) is 0 Å². The van der Waals surface area contributed by atoms with E-state index in [2.05, 4.69) is 34.6 Å². The minimum absolute atomic E-state index is 0.364. The standard InChI is InChI=1S/C14H31OP/c1-6-7-8-9-10-11-12-16(15,13(2)3)14(4)5/h13-14H,6-12H2,1-5H3. The van der Waals surface area contributed by atoms with Gasteiger partial charge in [0, 0.05) is 17.5 Å². The Morgan fingerprint density at radius 3 is 1.69 bits per heavy atom. The van der Waals surface area contributed by atoms with Crippen molar-refractivity contribution in [1.82, 2.24) is 0 Å². The van der Waals surface area contributed by atoms with E-state index in [4.69, 9.17) is 0 Å². The number of rotatable bonds is 9. The van der Waals surface area contributed by atoms with Gasteiger partial charge >= 0.3 is 0 Å². The van der Waals surface area contributed by atoms with Gasteiger partial charge in [-0.05, 0) is 6.42 Å². The minimum Gasteiger partial charge on any atom is -0.323 e. The Bertz CT molecular complexity index is 197. The van der Waals surface area contributed by atoms with Gasteiger partial charge in [0.15, 0.2) is 0 Å². The molecule has 0 heterocycles. The zero-order valence-corrected chi connectivity index (χ0v) is 12.9. The molecule has 0 bridgehead atoms. The van der Waals surface area contributed by atoms with Crippen molar-refractivity contribution in [2.75, 3.05) is 6.16 Å². The molecule has 0 aliphatic carbocycles. The predicted octanol–water partition coefficient (Wildman–Crippen LogP) is 5.53. The molecule has 0 atom stereocenters. The van der Waals surface area contributed by atoms with Crippen LogP contribution in [0, 0.1) is 0 Å². The Labute approximate surface area is 103 Å². The van der Waals surface area contributed by atoms with Crippen LogP contribution < -0.4 is 0 Å². The Balaban J connectivity index is 3.83. The van der Waals surface area contributed by atoms with E-state index < -0.39 is 7.14 Å². The van der Waals surface area contributed by atoms with E-state index in [0.717, 1.165) is 12.6 Å². The fraction of sp³-hybridized carbons (Fsp3) is 1.00. The second-order valence-corrected chi connectivity index (χ2v) is 9.75. The second-order valence-electron chi connectivity index (χ2n) is 5.53. The molecule has 0 saturated carbocycles. The molecule has 0 aliphatic heterocycles. The first-order valence-electron chi connectivity index (χ1n) is 7.03. The van der Waals surface area contributed by atoms with E-state index in [-0.39, 0.29) is 0 Å². The highest BCUT2D eigenvalue weighted by Gasteiger charge is 2.29. The van der Waals surface area contributed by atoms with Crippen molar-refractivity contribution >= 4 is 7.14 Å². The molecule has 0 aromatic heterocycles. The Morgan fingerprint density at radius 2 is 1.25 bits per heavy atom. The fourth-order valence-corrected chi connectivity index (χ4v) is 5.20. The van der Waals surface area contributed by atoms with Gasteiger partial charge in [-0.15, -0.1) is 0 Å². The van der Waals surface area contributed by atoms with Crippen LogP contribution in [-0.2, 0) is 4.57 Å². The van der Waals surface area contributed by atoms with Gasteiger partial charge in [0.05, 0.1) is 7.14 Å². The summed E-state index contributed by atoms with van der Waals surface area (Å²) in [5.74, 6) is 0. The summed E-state index contributed by atoms with van der Waals surface area (Å²) in [5, 5.41) is 0. The normalized spacial score (nSPS) is 12.7. The first-order chi connectivity index (χ1) is 7.45. The average molecular weight is 246 g/mol. The maximum Gasteiger partial charge on any atom is 0.0925 e. The van der Waals surface area contributed by atoms with E-state index >= 15 is 0 Å². The molecule has 0 saturated heterocycles. The van der Waals surface area contributed by atoms with Crippen molar-refractivity contribution in [2.45, 2.75) is 84.5 Å². The quantitative estimate of drug-likeness (QED) is 0.386. The Kier molecular flexibility index (Phi) is 8.46. The van der Waals surface area contributed by atoms with Crippen molar-refractivity contribution in [1.29, 1.82) is 0 Å². The third-order valence-corrected chi connectivity index (χ3v) is 8.12. The summed E-state index contributed by atoms with van der Waals surface area (Å²) in [7, 11) is -1.92. The third kappa shape index (κ3) is 5.53. The highest BCUT2D eigenvalue weighted by atomic mass is 31.2. The molecule has 0 aliphatic rings. The van der Waals surface area contributed by atoms with E-state index in [1.54, 1.807) is 0 Å². The lowest BCUT2D eigenvalue weighted by atomic mass is 10.1. The van der Waals surface area contributed by atoms with Gasteiger partial charge in [-0.25, -0.2) is 0 Å². The molecule has 0 unspecified atom stereocenters. The summed E-state index contributed by atoms with van der Waals surface area (Å²) < 4.78 is 12.7. The molecular weight excluding hydrogens is 215 g/mol. The van der Waals surface area contributed by atoms with Crippen molar-refractivity contribution in [3.8, 4) is 0 Å². The van der Waals surface area contributed by atoms with Crippen LogP contribution in [0.15, 0.2) is 0 Å². The van der Waals surface area contributed by atoms with Crippen LogP contribution in [0.5, 0.6) is 0 Å². The monoisotopic (exact) mass is 246 g/mol. The summed E-state index contributed by atoms with van der Waals surface area (Å²) in [6.07, 6.45) is 8.73. The zero-order valence-electron chi connectivity index (χ0n) is 12.0. The molecule has 0 spiro atoms. The van der Waals surface area contributed by atoms with Crippen LogP contribution in [-0.4, -0.2) is 17.5 Å². The van der Waals surface area contributed by atoms with Crippen molar-refractivity contribution in [2.24, 2.45) is 0 Å². The fourth-order valence-electron chi connectivity index (χ4n) is 2.25. The first kappa shape index (κ1) is 16.2. The van der Waals surface area contributed by atoms with Gasteiger partial charge in [0.1, 0.15) is 0 Å². The molecule has 0 aromatic carbocycles. The second kappa shape index (κ2) is 8.34. The Hall–Kier alpha value is 0.230. The average Bonchev–Trinajstić information content (AvgIpc) is 2.22. The molecule has 16 heavy (non-hydrogen) atoms. The lowest BCUT2D eigenvalue weighted by molar-refractivity contribution is 0.554. The van der Waals surface area contributed by atoms with Gasteiger partial charge in [0.25, 0.3) is 0 Å². The molecule has 0 radical (unpaired) electrons. The number of unbranched alkanes of at least 4 members (excludes halogenated alkanes) is 5. The molecule has 98 valence electrons. The van der Waals surface area contributed by atoms with Crippen LogP contribution in [0.3, 0.4) is 0 Å². The summed E-state index contributed by atoms with van der Waals surface area (Å²) in [6, 6.07) is 0. The Morgan fingerprint density at radius 1 is 0.812 bits per heavy atom. The predicted molar refractivity (Wildman–Crippen MR) is 76.1 cm³/mol. The van der Waals surface area contributed by atoms with E-state index in [9.17, 15) is 4.57 Å². The van der Waals surface area contributed by atoms with E-state index in [1.807, 2.05) is 0 Å². The van der Waals surface area contributed by atoms with E-state index in [0.29, 0.717) is 11.3 Å². The summed E-state index contributed by atoms with van der Waals surface area (Å²) >= 11 is 0. The minimum atomic E-state index is -1.92. The molecule has 0 aromatic rings. The number of hydrogen-bond acceptors (Lipinski definition) is 1. The van der Waals surface area contributed by atoms with Gasteiger partial charge in [0.2, 0.25) is 0 Å². The molecule has 0 amide bonds. The highest BCUT2D eigenvalue weighted by molar-refractivity contribution is 7.65. The van der Waals surface area contributed by atoms with Crippen LogP contribution in [0.2, 0.25) is 0 Å². The topological polar surface area (TPSA) is 17.1 Å². The summed E-state index contributed by atoms with van der Waals surface area (Å²) in [5.41, 5.74) is 0.728. The summed E-state index contributed by atoms with van der Waals surface area (Å²) in [6.45, 7) is 10.7. The van der Waals surface area contributed by atoms with Crippen LogP contribution in [0.25, 0.3) is 0 Å². The van der Waals surface area contributed by atoms with Crippen LogP contribution in [0.4, 0.5) is 0 Å². The number of hydrogen-bond donors (Lipinski definition) is 0. The summed E-state index contributed by atoms with van der Waals surface area (Å²) in [4.78, 5) is 0. The molecule has 2 heteroatoms. The van der Waals surface area contributed by atoms with Crippen molar-refractivity contribution < 1.29 is 4.57 Å². The molecule has 0 rings (SSSR count). The lowest BCUT2D eigenvalue weighted by Gasteiger charge is -2.26. The van der Waals surface area contributed by atoms with E-state index in [1.165, 1.54) is 32.1 Å². The largest absolute Gasteiger partial charge is 0.323 e. The lowest BCUT2D eigenvalue weighted by Crippen LogP contribution is -2.11. The smallest absolute Gasteiger partial charge is 0.0925 e.